The first-order valence-corrected chi connectivity index (χ1v) is 6.07. The number of likely N-dealkylation sites (N-methyl/N-ethyl adjacent to an activating group) is 1. The predicted octanol–water partition coefficient (Wildman–Crippen LogP) is 1.17. The molecule has 94 valence electrons. The second-order valence-corrected chi connectivity index (χ2v) is 5.53. The maximum atomic E-state index is 11.0. The van der Waals surface area contributed by atoms with Crippen molar-refractivity contribution in [3.63, 3.8) is 0 Å². The molecule has 1 atom stereocenters. The van der Waals surface area contributed by atoms with E-state index in [1.54, 1.807) is 13.8 Å². The molecule has 1 aliphatic heterocycles. The van der Waals surface area contributed by atoms with E-state index in [1.807, 2.05) is 7.05 Å². The molecule has 0 aliphatic carbocycles. The fourth-order valence-corrected chi connectivity index (χ4v) is 2.26. The van der Waals surface area contributed by atoms with Crippen LogP contribution in [0, 0.1) is 5.41 Å². The lowest BCUT2D eigenvalue weighted by molar-refractivity contribution is -0.147. The molecule has 0 aromatic heterocycles. The zero-order valence-electron chi connectivity index (χ0n) is 10.6. The Hall–Kier alpha value is -0.610. The monoisotopic (exact) mass is 228 g/mol. The van der Waals surface area contributed by atoms with Gasteiger partial charge in [-0.25, -0.2) is 0 Å². The van der Waals surface area contributed by atoms with Crippen LogP contribution in [-0.4, -0.2) is 48.7 Å². The lowest BCUT2D eigenvalue weighted by Gasteiger charge is -2.31. The van der Waals surface area contributed by atoms with Crippen molar-refractivity contribution in [2.75, 3.05) is 26.7 Å². The number of carboxylic acids is 1. The van der Waals surface area contributed by atoms with Gasteiger partial charge in [0.25, 0.3) is 0 Å². The van der Waals surface area contributed by atoms with Crippen molar-refractivity contribution in [3.05, 3.63) is 0 Å². The molecule has 0 radical (unpaired) electrons. The maximum Gasteiger partial charge on any atom is 0.310 e. The summed E-state index contributed by atoms with van der Waals surface area (Å²) in [4.78, 5) is 13.1. The standard InChI is InChI=1S/C12H24N2O2/c1-12(2,11(15)16)9-14(3)8-10-6-4-5-7-13-10/h10,13H,4-9H2,1-3H3,(H,15,16). The number of hydrogen-bond donors (Lipinski definition) is 2. The minimum atomic E-state index is -0.726. The largest absolute Gasteiger partial charge is 0.481 e. The Morgan fingerprint density at radius 3 is 2.69 bits per heavy atom. The summed E-state index contributed by atoms with van der Waals surface area (Å²) in [5.74, 6) is -0.726. The summed E-state index contributed by atoms with van der Waals surface area (Å²) in [7, 11) is 2.00. The Bertz CT molecular complexity index is 235. The van der Waals surface area contributed by atoms with Crippen molar-refractivity contribution < 1.29 is 9.90 Å². The first kappa shape index (κ1) is 13.5. The predicted molar refractivity (Wildman–Crippen MR) is 64.6 cm³/mol. The van der Waals surface area contributed by atoms with Gasteiger partial charge < -0.3 is 15.3 Å². The number of nitrogens with one attached hydrogen (secondary N) is 1. The Kier molecular flexibility index (Phi) is 4.74. The van der Waals surface area contributed by atoms with E-state index in [2.05, 4.69) is 10.2 Å². The highest BCUT2D eigenvalue weighted by Gasteiger charge is 2.29. The smallest absolute Gasteiger partial charge is 0.310 e. The molecule has 4 nitrogen and oxygen atoms in total. The number of carboxylic acid groups (broad SMARTS) is 1. The summed E-state index contributed by atoms with van der Waals surface area (Å²) >= 11 is 0. The Labute approximate surface area is 98.0 Å². The highest BCUT2D eigenvalue weighted by molar-refractivity contribution is 5.73. The van der Waals surface area contributed by atoms with Gasteiger partial charge in [-0.05, 0) is 40.3 Å². The molecule has 2 N–H and O–H groups in total. The van der Waals surface area contributed by atoms with Crippen molar-refractivity contribution in [1.29, 1.82) is 0 Å². The minimum absolute atomic E-state index is 0.531. The second-order valence-electron chi connectivity index (χ2n) is 5.53. The van der Waals surface area contributed by atoms with E-state index < -0.39 is 11.4 Å². The van der Waals surface area contributed by atoms with Crippen LogP contribution in [0.15, 0.2) is 0 Å². The lowest BCUT2D eigenvalue weighted by atomic mass is 9.93. The topological polar surface area (TPSA) is 52.6 Å². The molecule has 1 aliphatic rings. The fourth-order valence-electron chi connectivity index (χ4n) is 2.26. The van der Waals surface area contributed by atoms with Crippen molar-refractivity contribution >= 4 is 5.97 Å². The van der Waals surface area contributed by atoms with Gasteiger partial charge in [0.05, 0.1) is 5.41 Å². The van der Waals surface area contributed by atoms with Gasteiger partial charge >= 0.3 is 5.97 Å². The van der Waals surface area contributed by atoms with Gasteiger partial charge in [-0.1, -0.05) is 6.42 Å². The molecule has 1 unspecified atom stereocenters. The summed E-state index contributed by atoms with van der Waals surface area (Å²) in [5, 5.41) is 12.5. The first-order chi connectivity index (χ1) is 7.42. The van der Waals surface area contributed by atoms with Gasteiger partial charge in [-0.3, -0.25) is 4.79 Å². The molecule has 1 rings (SSSR count). The molecule has 1 heterocycles. The van der Waals surface area contributed by atoms with Gasteiger partial charge in [0.2, 0.25) is 0 Å². The summed E-state index contributed by atoms with van der Waals surface area (Å²) in [6.45, 7) is 6.19. The van der Waals surface area contributed by atoms with Crippen LogP contribution in [-0.2, 0) is 4.79 Å². The molecule has 0 amide bonds. The van der Waals surface area contributed by atoms with Crippen LogP contribution in [0.2, 0.25) is 0 Å². The SMILES string of the molecule is CN(CC1CCCCN1)CC(C)(C)C(=O)O. The Morgan fingerprint density at radius 2 is 2.19 bits per heavy atom. The molecule has 1 saturated heterocycles. The van der Waals surface area contributed by atoms with Crippen LogP contribution in [0.5, 0.6) is 0 Å². The molecule has 16 heavy (non-hydrogen) atoms. The van der Waals surface area contributed by atoms with E-state index in [-0.39, 0.29) is 0 Å². The van der Waals surface area contributed by atoms with Crippen LogP contribution < -0.4 is 5.32 Å². The summed E-state index contributed by atoms with van der Waals surface area (Å²) < 4.78 is 0. The Morgan fingerprint density at radius 1 is 1.50 bits per heavy atom. The highest BCUT2D eigenvalue weighted by atomic mass is 16.4. The fraction of sp³-hybridized carbons (Fsp3) is 0.917. The zero-order valence-corrected chi connectivity index (χ0v) is 10.6. The molecular weight excluding hydrogens is 204 g/mol. The van der Waals surface area contributed by atoms with Crippen LogP contribution in [0.1, 0.15) is 33.1 Å². The van der Waals surface area contributed by atoms with Gasteiger partial charge in [0.1, 0.15) is 0 Å². The molecular formula is C12H24N2O2. The number of aliphatic carboxylic acids is 1. The van der Waals surface area contributed by atoms with Crippen LogP contribution in [0.3, 0.4) is 0 Å². The van der Waals surface area contributed by atoms with Crippen molar-refractivity contribution in [2.24, 2.45) is 5.41 Å². The quantitative estimate of drug-likeness (QED) is 0.741. The van der Waals surface area contributed by atoms with Crippen molar-refractivity contribution in [1.82, 2.24) is 10.2 Å². The molecule has 4 heteroatoms. The van der Waals surface area contributed by atoms with Crippen molar-refractivity contribution in [3.8, 4) is 0 Å². The Balaban J connectivity index is 2.34. The molecule has 0 spiro atoms. The first-order valence-electron chi connectivity index (χ1n) is 6.07. The van der Waals surface area contributed by atoms with E-state index >= 15 is 0 Å². The second kappa shape index (κ2) is 5.64. The van der Waals surface area contributed by atoms with E-state index in [0.29, 0.717) is 12.6 Å². The average molecular weight is 228 g/mol. The highest BCUT2D eigenvalue weighted by Crippen LogP contribution is 2.17. The van der Waals surface area contributed by atoms with Crippen molar-refractivity contribution in [2.45, 2.75) is 39.2 Å². The molecule has 0 bridgehead atoms. The third kappa shape index (κ3) is 4.10. The number of piperidine rings is 1. The van der Waals surface area contributed by atoms with E-state index in [9.17, 15) is 4.79 Å². The number of hydrogen-bond acceptors (Lipinski definition) is 3. The summed E-state index contributed by atoms with van der Waals surface area (Å²) in [6, 6.07) is 0.531. The maximum absolute atomic E-state index is 11.0. The molecule has 1 fully saturated rings. The van der Waals surface area contributed by atoms with Gasteiger partial charge in [-0.2, -0.15) is 0 Å². The molecule has 0 aromatic rings. The zero-order chi connectivity index (χ0) is 12.2. The summed E-state index contributed by atoms with van der Waals surface area (Å²) in [6.07, 6.45) is 3.76. The van der Waals surface area contributed by atoms with Gasteiger partial charge in [0.15, 0.2) is 0 Å². The van der Waals surface area contributed by atoms with E-state index in [4.69, 9.17) is 5.11 Å². The van der Waals surface area contributed by atoms with Gasteiger partial charge in [0, 0.05) is 19.1 Å². The number of rotatable bonds is 5. The lowest BCUT2D eigenvalue weighted by Crippen LogP contribution is -2.46. The number of nitrogens with zero attached hydrogens (tertiary/aromatic N) is 1. The average Bonchev–Trinajstić information content (AvgIpc) is 2.17. The van der Waals surface area contributed by atoms with Crippen LogP contribution in [0.25, 0.3) is 0 Å². The number of carbonyl (C=O) groups is 1. The van der Waals surface area contributed by atoms with Crippen LogP contribution >= 0.6 is 0 Å². The summed E-state index contributed by atoms with van der Waals surface area (Å²) in [5.41, 5.74) is -0.663. The normalized spacial score (nSPS) is 22.4. The minimum Gasteiger partial charge on any atom is -0.481 e. The van der Waals surface area contributed by atoms with Gasteiger partial charge in [-0.15, -0.1) is 0 Å². The molecule has 0 aromatic carbocycles. The van der Waals surface area contributed by atoms with E-state index in [1.165, 1.54) is 19.3 Å². The molecule has 0 saturated carbocycles. The van der Waals surface area contributed by atoms with E-state index in [0.717, 1.165) is 13.1 Å². The third-order valence-corrected chi connectivity index (χ3v) is 3.19. The third-order valence-electron chi connectivity index (χ3n) is 3.19. The van der Waals surface area contributed by atoms with Crippen LogP contribution in [0.4, 0.5) is 0 Å².